The molecule has 2 heteroatoms. The van der Waals surface area contributed by atoms with Gasteiger partial charge in [0.2, 0.25) is 0 Å². The topological polar surface area (TPSA) is 32.3 Å². The molecule has 0 bridgehead atoms. The average molecular weight is 263 g/mol. The van der Waals surface area contributed by atoms with Crippen LogP contribution in [0.25, 0.3) is 0 Å². The predicted molar refractivity (Wildman–Crippen MR) is 82.2 cm³/mol. The lowest BCUT2D eigenvalue weighted by Crippen LogP contribution is -2.32. The zero-order valence-corrected chi connectivity index (χ0v) is 12.8. The highest BCUT2D eigenvalue weighted by atomic mass is 16.3. The van der Waals surface area contributed by atoms with E-state index < -0.39 is 0 Å². The first-order valence-corrected chi connectivity index (χ1v) is 7.39. The Balaban J connectivity index is 2.51. The van der Waals surface area contributed by atoms with E-state index >= 15 is 0 Å². The number of hydrogen-bond donors (Lipinski definition) is 2. The Kier molecular flexibility index (Phi) is 6.53. The van der Waals surface area contributed by atoms with E-state index in [-0.39, 0.29) is 11.5 Å². The van der Waals surface area contributed by atoms with Crippen molar-refractivity contribution in [1.82, 2.24) is 5.32 Å². The van der Waals surface area contributed by atoms with Crippen molar-refractivity contribution in [2.45, 2.75) is 59.1 Å². The fourth-order valence-corrected chi connectivity index (χ4v) is 2.42. The Hall–Kier alpha value is -0.860. The molecule has 0 aromatic heterocycles. The maximum absolute atomic E-state index is 10.1. The molecule has 2 unspecified atom stereocenters. The van der Waals surface area contributed by atoms with Crippen molar-refractivity contribution in [3.05, 3.63) is 35.9 Å². The van der Waals surface area contributed by atoms with Gasteiger partial charge in [0.05, 0.1) is 6.10 Å². The molecular formula is C17H29NO. The standard InChI is InChI=1S/C17H29NO/c1-5-9-16(14-10-7-6-8-11-14)18-13-15(19)12-17(2,3)4/h6-8,10-11,15-16,18-19H,5,9,12-13H2,1-4H3. The number of aliphatic hydroxyl groups excluding tert-OH is 1. The van der Waals surface area contributed by atoms with Crippen molar-refractivity contribution in [1.29, 1.82) is 0 Å². The van der Waals surface area contributed by atoms with Crippen LogP contribution in [0.3, 0.4) is 0 Å². The molecule has 0 radical (unpaired) electrons. The smallest absolute Gasteiger partial charge is 0.0669 e. The average Bonchev–Trinajstić information content (AvgIpc) is 2.33. The van der Waals surface area contributed by atoms with Crippen molar-refractivity contribution in [3.63, 3.8) is 0 Å². The summed E-state index contributed by atoms with van der Waals surface area (Å²) in [5.41, 5.74) is 1.49. The van der Waals surface area contributed by atoms with Crippen LogP contribution in [0.2, 0.25) is 0 Å². The molecule has 0 heterocycles. The van der Waals surface area contributed by atoms with Gasteiger partial charge in [-0.15, -0.1) is 0 Å². The number of aliphatic hydroxyl groups is 1. The molecule has 19 heavy (non-hydrogen) atoms. The van der Waals surface area contributed by atoms with Gasteiger partial charge < -0.3 is 10.4 Å². The van der Waals surface area contributed by atoms with Crippen molar-refractivity contribution in [2.24, 2.45) is 5.41 Å². The molecule has 1 aromatic carbocycles. The molecule has 1 aromatic rings. The summed E-state index contributed by atoms with van der Waals surface area (Å²) in [5, 5.41) is 13.6. The van der Waals surface area contributed by atoms with Gasteiger partial charge in [-0.25, -0.2) is 0 Å². The normalized spacial score (nSPS) is 15.2. The van der Waals surface area contributed by atoms with Crippen LogP contribution in [0, 0.1) is 5.41 Å². The van der Waals surface area contributed by atoms with E-state index in [0.717, 1.165) is 19.3 Å². The summed E-state index contributed by atoms with van der Waals surface area (Å²) in [6.45, 7) is 9.35. The first-order chi connectivity index (χ1) is 8.92. The molecule has 0 aliphatic carbocycles. The number of rotatable bonds is 7. The summed E-state index contributed by atoms with van der Waals surface area (Å²) in [5.74, 6) is 0. The number of nitrogens with one attached hydrogen (secondary N) is 1. The largest absolute Gasteiger partial charge is 0.392 e. The molecule has 0 fully saturated rings. The van der Waals surface area contributed by atoms with Crippen molar-refractivity contribution >= 4 is 0 Å². The van der Waals surface area contributed by atoms with Crippen LogP contribution in [0.5, 0.6) is 0 Å². The van der Waals surface area contributed by atoms with E-state index in [1.807, 2.05) is 6.07 Å². The van der Waals surface area contributed by atoms with Gasteiger partial charge in [-0.1, -0.05) is 64.4 Å². The van der Waals surface area contributed by atoms with Crippen LogP contribution in [0.1, 0.15) is 58.6 Å². The summed E-state index contributed by atoms with van der Waals surface area (Å²) >= 11 is 0. The summed E-state index contributed by atoms with van der Waals surface area (Å²) in [7, 11) is 0. The van der Waals surface area contributed by atoms with Crippen LogP contribution in [-0.2, 0) is 0 Å². The molecule has 0 saturated heterocycles. The Morgan fingerprint density at radius 3 is 2.32 bits per heavy atom. The minimum Gasteiger partial charge on any atom is -0.392 e. The molecule has 0 spiro atoms. The lowest BCUT2D eigenvalue weighted by Gasteiger charge is -2.25. The van der Waals surface area contributed by atoms with E-state index in [0.29, 0.717) is 12.6 Å². The van der Waals surface area contributed by atoms with Gasteiger partial charge in [0.15, 0.2) is 0 Å². The SMILES string of the molecule is CCCC(NCC(O)CC(C)(C)C)c1ccccc1. The third-order valence-corrected chi connectivity index (χ3v) is 3.23. The quantitative estimate of drug-likeness (QED) is 0.781. The summed E-state index contributed by atoms with van der Waals surface area (Å²) in [6, 6.07) is 10.9. The minimum atomic E-state index is -0.275. The van der Waals surface area contributed by atoms with Crippen LogP contribution in [0.4, 0.5) is 0 Å². The number of hydrogen-bond acceptors (Lipinski definition) is 2. The molecule has 0 aliphatic heterocycles. The Morgan fingerprint density at radius 2 is 1.79 bits per heavy atom. The van der Waals surface area contributed by atoms with Gasteiger partial charge in [0.25, 0.3) is 0 Å². The van der Waals surface area contributed by atoms with Gasteiger partial charge in [-0.3, -0.25) is 0 Å². The van der Waals surface area contributed by atoms with Crippen molar-refractivity contribution in [3.8, 4) is 0 Å². The highest BCUT2D eigenvalue weighted by molar-refractivity contribution is 5.18. The molecular weight excluding hydrogens is 234 g/mol. The zero-order valence-electron chi connectivity index (χ0n) is 12.8. The third kappa shape index (κ3) is 6.74. The van der Waals surface area contributed by atoms with E-state index in [1.54, 1.807) is 0 Å². The fourth-order valence-electron chi connectivity index (χ4n) is 2.42. The molecule has 1 rings (SSSR count). The molecule has 0 amide bonds. The highest BCUT2D eigenvalue weighted by Crippen LogP contribution is 2.22. The predicted octanol–water partition coefficient (Wildman–Crippen LogP) is 3.91. The molecule has 2 nitrogen and oxygen atoms in total. The third-order valence-electron chi connectivity index (χ3n) is 3.23. The Bertz CT molecular complexity index is 342. The maximum Gasteiger partial charge on any atom is 0.0669 e. The van der Waals surface area contributed by atoms with Crippen LogP contribution in [0.15, 0.2) is 30.3 Å². The van der Waals surface area contributed by atoms with Crippen LogP contribution in [-0.4, -0.2) is 17.8 Å². The van der Waals surface area contributed by atoms with Gasteiger partial charge in [-0.05, 0) is 23.8 Å². The first kappa shape index (κ1) is 16.2. The first-order valence-electron chi connectivity index (χ1n) is 7.39. The van der Waals surface area contributed by atoms with Gasteiger partial charge >= 0.3 is 0 Å². The summed E-state index contributed by atoms with van der Waals surface area (Å²) < 4.78 is 0. The Morgan fingerprint density at radius 1 is 1.16 bits per heavy atom. The van der Waals surface area contributed by atoms with E-state index in [4.69, 9.17) is 0 Å². The van der Waals surface area contributed by atoms with Gasteiger partial charge in [0.1, 0.15) is 0 Å². The van der Waals surface area contributed by atoms with Gasteiger partial charge in [-0.2, -0.15) is 0 Å². The lowest BCUT2D eigenvalue weighted by molar-refractivity contribution is 0.116. The van der Waals surface area contributed by atoms with Crippen LogP contribution >= 0.6 is 0 Å². The Labute approximate surface area is 118 Å². The lowest BCUT2D eigenvalue weighted by atomic mass is 9.89. The van der Waals surface area contributed by atoms with E-state index in [2.05, 4.69) is 57.3 Å². The number of benzene rings is 1. The summed E-state index contributed by atoms with van der Waals surface area (Å²) in [4.78, 5) is 0. The fraction of sp³-hybridized carbons (Fsp3) is 0.647. The molecule has 2 atom stereocenters. The summed E-state index contributed by atoms with van der Waals surface area (Å²) in [6.07, 6.45) is 2.80. The highest BCUT2D eigenvalue weighted by Gasteiger charge is 2.18. The zero-order chi connectivity index (χ0) is 14.3. The van der Waals surface area contributed by atoms with Crippen molar-refractivity contribution < 1.29 is 5.11 Å². The van der Waals surface area contributed by atoms with E-state index in [9.17, 15) is 5.11 Å². The van der Waals surface area contributed by atoms with Gasteiger partial charge in [0, 0.05) is 12.6 Å². The van der Waals surface area contributed by atoms with Crippen LogP contribution < -0.4 is 5.32 Å². The monoisotopic (exact) mass is 263 g/mol. The molecule has 0 saturated carbocycles. The second-order valence-electron chi connectivity index (χ2n) is 6.58. The molecule has 2 N–H and O–H groups in total. The minimum absolute atomic E-state index is 0.175. The van der Waals surface area contributed by atoms with E-state index in [1.165, 1.54) is 5.56 Å². The van der Waals surface area contributed by atoms with Crippen molar-refractivity contribution in [2.75, 3.05) is 6.54 Å². The second kappa shape index (κ2) is 7.66. The molecule has 108 valence electrons. The molecule has 0 aliphatic rings. The second-order valence-corrected chi connectivity index (χ2v) is 6.58. The maximum atomic E-state index is 10.1.